The average Bonchev–Trinajstić information content (AvgIpc) is 1.96. The van der Waals surface area contributed by atoms with E-state index in [2.05, 4.69) is 5.32 Å². The van der Waals surface area contributed by atoms with Crippen LogP contribution < -0.4 is 5.32 Å². The van der Waals surface area contributed by atoms with Crippen LogP contribution in [0.1, 0.15) is 34.1 Å². The first-order chi connectivity index (χ1) is 5.78. The Morgan fingerprint density at radius 3 is 2.08 bits per heavy atom. The van der Waals surface area contributed by atoms with Gasteiger partial charge in [-0.3, -0.25) is 14.9 Å². The molecule has 0 radical (unpaired) electrons. The van der Waals surface area contributed by atoms with Crippen molar-refractivity contribution in [3.63, 3.8) is 0 Å². The zero-order chi connectivity index (χ0) is 10.6. The van der Waals surface area contributed by atoms with Crippen molar-refractivity contribution in [1.29, 1.82) is 0 Å². The normalized spacial score (nSPS) is 13.8. The van der Waals surface area contributed by atoms with E-state index in [9.17, 15) is 9.59 Å². The van der Waals surface area contributed by atoms with Crippen LogP contribution in [0.4, 0.5) is 0 Å². The van der Waals surface area contributed by atoms with E-state index in [-0.39, 0.29) is 17.7 Å². The van der Waals surface area contributed by atoms with Gasteiger partial charge in [-0.05, 0) is 20.8 Å². The Morgan fingerprint density at radius 1 is 1.38 bits per heavy atom. The number of nitrogens with one attached hydrogen (secondary N) is 1. The highest BCUT2D eigenvalue weighted by molar-refractivity contribution is 6.02. The van der Waals surface area contributed by atoms with E-state index in [0.29, 0.717) is 0 Å². The second kappa shape index (κ2) is 4.37. The zero-order valence-corrected chi connectivity index (χ0v) is 8.55. The predicted molar refractivity (Wildman–Crippen MR) is 49.6 cm³/mol. The molecule has 0 aliphatic carbocycles. The Hall–Kier alpha value is -0.900. The predicted octanol–water partition coefficient (Wildman–Crippen LogP) is 0.807. The largest absolute Gasteiger partial charge is 0.480 e. The maximum Gasteiger partial charge on any atom is 0.328 e. The molecule has 1 unspecified atom stereocenters. The summed E-state index contributed by atoms with van der Waals surface area (Å²) in [5.41, 5.74) is -0.367. The van der Waals surface area contributed by atoms with Crippen molar-refractivity contribution in [2.75, 3.05) is 0 Å². The quantitative estimate of drug-likeness (QED) is 0.639. The molecule has 0 aromatic carbocycles. The molecule has 4 heteroatoms. The van der Waals surface area contributed by atoms with Crippen LogP contribution in [0.15, 0.2) is 0 Å². The van der Waals surface area contributed by atoms with Crippen LogP contribution in [0.3, 0.4) is 0 Å². The lowest BCUT2D eigenvalue weighted by Crippen LogP contribution is -2.51. The van der Waals surface area contributed by atoms with Crippen molar-refractivity contribution >= 4 is 11.8 Å². The second-order valence-electron chi connectivity index (χ2n) is 3.99. The van der Waals surface area contributed by atoms with Crippen molar-refractivity contribution in [3.8, 4) is 0 Å². The molecular weight excluding hydrogens is 170 g/mol. The minimum atomic E-state index is -1.11. The minimum Gasteiger partial charge on any atom is -0.480 e. The maximum atomic E-state index is 11.2. The van der Waals surface area contributed by atoms with Gasteiger partial charge < -0.3 is 5.11 Å². The van der Waals surface area contributed by atoms with Crippen molar-refractivity contribution in [3.05, 3.63) is 0 Å². The van der Waals surface area contributed by atoms with E-state index in [1.165, 1.54) is 0 Å². The molecule has 0 bridgehead atoms. The molecule has 0 saturated heterocycles. The van der Waals surface area contributed by atoms with Crippen molar-refractivity contribution in [2.45, 2.75) is 45.7 Å². The summed E-state index contributed by atoms with van der Waals surface area (Å²) in [6, 6.07) is -1.08. The third kappa shape index (κ3) is 4.62. The smallest absolute Gasteiger partial charge is 0.328 e. The van der Waals surface area contributed by atoms with Crippen molar-refractivity contribution < 1.29 is 14.7 Å². The third-order valence-corrected chi connectivity index (χ3v) is 1.49. The highest BCUT2D eigenvalue weighted by atomic mass is 16.4. The van der Waals surface area contributed by atoms with Gasteiger partial charge in [0.2, 0.25) is 0 Å². The molecule has 0 heterocycles. The molecule has 0 aliphatic heterocycles. The number of carbonyl (C=O) groups is 2. The number of Topliss-reactive ketones (excluding diaryl/α,β-unsaturated/α-hetero) is 1. The first-order valence-electron chi connectivity index (χ1n) is 4.31. The molecule has 0 aromatic heterocycles. The number of carbonyl (C=O) groups excluding carboxylic acids is 1. The number of carboxylic acids is 1. The maximum absolute atomic E-state index is 11.2. The van der Waals surface area contributed by atoms with Gasteiger partial charge >= 0.3 is 5.97 Å². The number of hydrogen-bond donors (Lipinski definition) is 2. The summed E-state index contributed by atoms with van der Waals surface area (Å²) in [7, 11) is 0. The fourth-order valence-electron chi connectivity index (χ4n) is 0.917. The lowest BCUT2D eigenvalue weighted by Gasteiger charge is -2.24. The average molecular weight is 187 g/mol. The number of hydrogen-bond acceptors (Lipinski definition) is 3. The molecule has 0 spiro atoms. The van der Waals surface area contributed by atoms with Gasteiger partial charge in [-0.25, -0.2) is 0 Å². The monoisotopic (exact) mass is 187 g/mol. The second-order valence-corrected chi connectivity index (χ2v) is 3.99. The minimum absolute atomic E-state index is 0.236. The van der Waals surface area contributed by atoms with Crippen LogP contribution in [0.25, 0.3) is 0 Å². The topological polar surface area (TPSA) is 66.4 Å². The Balaban J connectivity index is 4.45. The van der Waals surface area contributed by atoms with E-state index >= 15 is 0 Å². The molecule has 1 atom stereocenters. The molecule has 0 aromatic rings. The van der Waals surface area contributed by atoms with Gasteiger partial charge in [0.05, 0.1) is 0 Å². The van der Waals surface area contributed by atoms with E-state index in [0.717, 1.165) is 0 Å². The first-order valence-corrected chi connectivity index (χ1v) is 4.31. The Morgan fingerprint density at radius 2 is 1.85 bits per heavy atom. The lowest BCUT2D eigenvalue weighted by atomic mass is 10.0. The van der Waals surface area contributed by atoms with E-state index in [4.69, 9.17) is 5.11 Å². The molecule has 0 aliphatic rings. The van der Waals surface area contributed by atoms with Gasteiger partial charge in [-0.2, -0.15) is 0 Å². The van der Waals surface area contributed by atoms with Crippen LogP contribution in [0, 0.1) is 0 Å². The summed E-state index contributed by atoms with van der Waals surface area (Å²) in [5.74, 6) is -1.40. The third-order valence-electron chi connectivity index (χ3n) is 1.49. The molecule has 0 amide bonds. The number of aliphatic carboxylic acids is 1. The van der Waals surface area contributed by atoms with Gasteiger partial charge in [0.1, 0.15) is 0 Å². The zero-order valence-electron chi connectivity index (χ0n) is 8.55. The van der Waals surface area contributed by atoms with Gasteiger partial charge in [-0.15, -0.1) is 0 Å². The fourth-order valence-corrected chi connectivity index (χ4v) is 0.917. The van der Waals surface area contributed by atoms with Crippen molar-refractivity contribution in [2.24, 2.45) is 0 Å². The lowest BCUT2D eigenvalue weighted by molar-refractivity contribution is -0.144. The van der Waals surface area contributed by atoms with Crippen molar-refractivity contribution in [1.82, 2.24) is 5.32 Å². The summed E-state index contributed by atoms with van der Waals surface area (Å²) in [5, 5.41) is 11.5. The van der Waals surface area contributed by atoms with Crippen LogP contribution in [-0.2, 0) is 9.59 Å². The highest BCUT2D eigenvalue weighted by Crippen LogP contribution is 2.03. The standard InChI is InChI=1S/C9H17NO3/c1-5-6(11)7(8(12)13)10-9(2,3)4/h7,10H,5H2,1-4H3,(H,12,13). The number of carboxylic acid groups (broad SMARTS) is 1. The van der Waals surface area contributed by atoms with Crippen LogP contribution >= 0.6 is 0 Å². The van der Waals surface area contributed by atoms with Gasteiger partial charge in [0.25, 0.3) is 0 Å². The van der Waals surface area contributed by atoms with Crippen LogP contribution in [0.5, 0.6) is 0 Å². The Bertz CT molecular complexity index is 205. The first kappa shape index (κ1) is 12.1. The van der Waals surface area contributed by atoms with Crippen LogP contribution in [-0.4, -0.2) is 28.4 Å². The molecule has 4 nitrogen and oxygen atoms in total. The molecule has 0 fully saturated rings. The van der Waals surface area contributed by atoms with E-state index in [1.807, 2.05) is 20.8 Å². The summed E-state index contributed by atoms with van der Waals surface area (Å²) in [4.78, 5) is 21.9. The summed E-state index contributed by atoms with van der Waals surface area (Å²) in [6.45, 7) is 7.13. The van der Waals surface area contributed by atoms with Gasteiger partial charge in [-0.1, -0.05) is 6.92 Å². The van der Waals surface area contributed by atoms with Crippen LogP contribution in [0.2, 0.25) is 0 Å². The van der Waals surface area contributed by atoms with E-state index in [1.54, 1.807) is 6.92 Å². The summed E-state index contributed by atoms with van der Waals surface area (Å²) in [6.07, 6.45) is 0.236. The van der Waals surface area contributed by atoms with E-state index < -0.39 is 12.0 Å². The molecule has 76 valence electrons. The van der Waals surface area contributed by atoms with Gasteiger partial charge in [0.15, 0.2) is 11.8 Å². The molecule has 13 heavy (non-hydrogen) atoms. The number of ketones is 1. The molecule has 2 N–H and O–H groups in total. The number of rotatable bonds is 4. The summed E-state index contributed by atoms with van der Waals surface area (Å²) >= 11 is 0. The van der Waals surface area contributed by atoms with Gasteiger partial charge in [0, 0.05) is 12.0 Å². The molecular formula is C9H17NO3. The molecule has 0 rings (SSSR count). The highest BCUT2D eigenvalue weighted by Gasteiger charge is 2.28. The molecule has 0 saturated carbocycles. The fraction of sp³-hybridized carbons (Fsp3) is 0.778. The summed E-state index contributed by atoms with van der Waals surface area (Å²) < 4.78 is 0. The Labute approximate surface area is 78.3 Å². The Kier molecular flexibility index (Phi) is 4.07. The SMILES string of the molecule is CCC(=O)C(NC(C)(C)C)C(=O)O.